The summed E-state index contributed by atoms with van der Waals surface area (Å²) in [6.45, 7) is -0.0152. The van der Waals surface area contributed by atoms with Gasteiger partial charge in [0, 0.05) is 23.9 Å². The van der Waals surface area contributed by atoms with Gasteiger partial charge in [-0.3, -0.25) is 19.3 Å². The summed E-state index contributed by atoms with van der Waals surface area (Å²) in [5, 5.41) is 7.61. The number of fused-ring (bicyclic) bond motifs is 1. The SMILES string of the molecule is O=C(CN1C(=O)C2CC=CCC2C1=O)NCc1cn(-c2ccccc2)nc1-c1ccccc1. The van der Waals surface area contributed by atoms with Crippen LogP contribution < -0.4 is 5.32 Å². The number of benzene rings is 2. The molecule has 3 amide bonds. The van der Waals surface area contributed by atoms with E-state index < -0.39 is 0 Å². The van der Waals surface area contributed by atoms with Crippen molar-refractivity contribution in [3.8, 4) is 16.9 Å². The average Bonchev–Trinajstić information content (AvgIpc) is 3.40. The molecule has 2 unspecified atom stereocenters. The summed E-state index contributed by atoms with van der Waals surface area (Å²) in [6.07, 6.45) is 6.89. The number of allylic oxidation sites excluding steroid dienone is 2. The normalized spacial score (nSPS) is 19.6. The monoisotopic (exact) mass is 440 g/mol. The van der Waals surface area contributed by atoms with Gasteiger partial charge in [0.15, 0.2) is 0 Å². The van der Waals surface area contributed by atoms with Crippen LogP contribution in [0.2, 0.25) is 0 Å². The van der Waals surface area contributed by atoms with Gasteiger partial charge in [0.05, 0.1) is 23.2 Å². The maximum Gasteiger partial charge on any atom is 0.240 e. The zero-order valence-corrected chi connectivity index (χ0v) is 18.1. The summed E-state index contributed by atoms with van der Waals surface area (Å²) < 4.78 is 1.79. The number of amides is 3. The molecule has 1 aromatic heterocycles. The number of carbonyl (C=O) groups is 3. The molecular formula is C26H24N4O3. The van der Waals surface area contributed by atoms with Gasteiger partial charge in [-0.15, -0.1) is 0 Å². The summed E-state index contributed by atoms with van der Waals surface area (Å²) in [6, 6.07) is 19.5. The van der Waals surface area contributed by atoms with Crippen molar-refractivity contribution in [2.45, 2.75) is 19.4 Å². The number of nitrogens with one attached hydrogen (secondary N) is 1. The Labute approximate surface area is 191 Å². The lowest BCUT2D eigenvalue weighted by Gasteiger charge is -2.14. The van der Waals surface area contributed by atoms with Crippen molar-refractivity contribution in [2.24, 2.45) is 11.8 Å². The van der Waals surface area contributed by atoms with Gasteiger partial charge in [0.2, 0.25) is 17.7 Å². The second kappa shape index (κ2) is 8.86. The third-order valence-electron chi connectivity index (χ3n) is 6.23. The number of rotatable bonds is 6. The van der Waals surface area contributed by atoms with Crippen molar-refractivity contribution < 1.29 is 14.4 Å². The molecule has 1 saturated heterocycles. The first-order valence-electron chi connectivity index (χ1n) is 11.1. The van der Waals surface area contributed by atoms with E-state index in [4.69, 9.17) is 5.10 Å². The topological polar surface area (TPSA) is 84.3 Å². The Morgan fingerprint density at radius 2 is 1.52 bits per heavy atom. The smallest absolute Gasteiger partial charge is 0.240 e. The number of likely N-dealkylation sites (tertiary alicyclic amines) is 1. The van der Waals surface area contributed by atoms with Crippen LogP contribution in [0, 0.1) is 11.8 Å². The Morgan fingerprint density at radius 3 is 2.15 bits per heavy atom. The molecule has 1 aliphatic heterocycles. The molecule has 0 saturated carbocycles. The summed E-state index contributed by atoms with van der Waals surface area (Å²) in [4.78, 5) is 39.1. The lowest BCUT2D eigenvalue weighted by atomic mass is 9.85. The molecule has 0 radical (unpaired) electrons. The van der Waals surface area contributed by atoms with Gasteiger partial charge in [-0.2, -0.15) is 5.10 Å². The van der Waals surface area contributed by atoms with Crippen molar-refractivity contribution >= 4 is 17.7 Å². The van der Waals surface area contributed by atoms with Crippen LogP contribution in [-0.2, 0) is 20.9 Å². The van der Waals surface area contributed by atoms with Gasteiger partial charge in [0.25, 0.3) is 0 Å². The molecule has 5 rings (SSSR count). The highest BCUT2D eigenvalue weighted by atomic mass is 16.2. The summed E-state index contributed by atoms with van der Waals surface area (Å²) in [5.74, 6) is -1.51. The lowest BCUT2D eigenvalue weighted by molar-refractivity contribution is -0.143. The molecule has 3 aromatic rings. The lowest BCUT2D eigenvalue weighted by Crippen LogP contribution is -2.40. The molecule has 1 fully saturated rings. The fourth-order valence-corrected chi connectivity index (χ4v) is 4.51. The number of imide groups is 1. The summed E-state index contributed by atoms with van der Waals surface area (Å²) >= 11 is 0. The number of hydrogen-bond acceptors (Lipinski definition) is 4. The van der Waals surface area contributed by atoms with Crippen LogP contribution in [0.25, 0.3) is 16.9 Å². The largest absolute Gasteiger partial charge is 0.350 e. The molecule has 2 heterocycles. The quantitative estimate of drug-likeness (QED) is 0.472. The molecule has 2 aromatic carbocycles. The summed E-state index contributed by atoms with van der Waals surface area (Å²) in [5.41, 5.74) is 3.47. The maximum absolute atomic E-state index is 12.7. The molecular weight excluding hydrogens is 416 g/mol. The highest BCUT2D eigenvalue weighted by molar-refractivity contribution is 6.07. The third kappa shape index (κ3) is 4.09. The van der Waals surface area contributed by atoms with Gasteiger partial charge < -0.3 is 5.32 Å². The minimum atomic E-state index is -0.366. The van der Waals surface area contributed by atoms with Gasteiger partial charge in [-0.05, 0) is 25.0 Å². The second-order valence-corrected chi connectivity index (χ2v) is 8.34. The standard InChI is InChI=1S/C26H24N4O3/c31-23(17-29-25(32)21-13-7-8-14-22(21)26(29)33)27-15-19-16-30(20-11-5-2-6-12-20)28-24(19)18-9-3-1-4-10-18/h1-12,16,21-22H,13-15,17H2,(H,27,31). The van der Waals surface area contributed by atoms with E-state index in [2.05, 4.69) is 5.32 Å². The zero-order chi connectivity index (χ0) is 22.8. The molecule has 1 N–H and O–H groups in total. The minimum Gasteiger partial charge on any atom is -0.350 e. The highest BCUT2D eigenvalue weighted by Gasteiger charge is 2.47. The van der Waals surface area contributed by atoms with Gasteiger partial charge in [-0.1, -0.05) is 60.7 Å². The van der Waals surface area contributed by atoms with Gasteiger partial charge >= 0.3 is 0 Å². The zero-order valence-electron chi connectivity index (χ0n) is 18.1. The highest BCUT2D eigenvalue weighted by Crippen LogP contribution is 2.34. The van der Waals surface area contributed by atoms with E-state index >= 15 is 0 Å². The van der Waals surface area contributed by atoms with Crippen molar-refractivity contribution in [1.29, 1.82) is 0 Å². The maximum atomic E-state index is 12.7. The third-order valence-corrected chi connectivity index (χ3v) is 6.23. The fraction of sp³-hybridized carbons (Fsp3) is 0.231. The minimum absolute atomic E-state index is 0.237. The van der Waals surface area contributed by atoms with E-state index in [9.17, 15) is 14.4 Å². The van der Waals surface area contributed by atoms with Crippen LogP contribution in [0.1, 0.15) is 18.4 Å². The Morgan fingerprint density at radius 1 is 0.909 bits per heavy atom. The molecule has 7 heteroatoms. The Hall–Kier alpha value is -4.00. The number of hydrogen-bond donors (Lipinski definition) is 1. The van der Waals surface area contributed by atoms with E-state index in [1.54, 1.807) is 4.68 Å². The van der Waals surface area contributed by atoms with Crippen molar-refractivity contribution in [3.63, 3.8) is 0 Å². The van der Waals surface area contributed by atoms with E-state index in [0.29, 0.717) is 12.8 Å². The molecule has 7 nitrogen and oxygen atoms in total. The first-order valence-corrected chi connectivity index (χ1v) is 11.1. The van der Waals surface area contributed by atoms with E-state index in [0.717, 1.165) is 27.4 Å². The predicted molar refractivity (Wildman–Crippen MR) is 123 cm³/mol. The van der Waals surface area contributed by atoms with Crippen LogP contribution in [-0.4, -0.2) is 38.9 Å². The molecule has 2 aliphatic rings. The van der Waals surface area contributed by atoms with Crippen molar-refractivity contribution in [1.82, 2.24) is 20.0 Å². The molecule has 0 spiro atoms. The Kier molecular flexibility index (Phi) is 5.60. The van der Waals surface area contributed by atoms with E-state index in [1.807, 2.05) is 79.0 Å². The van der Waals surface area contributed by atoms with Crippen LogP contribution in [0.4, 0.5) is 0 Å². The number of para-hydroxylation sites is 1. The Balaban J connectivity index is 1.32. The molecule has 2 atom stereocenters. The van der Waals surface area contributed by atoms with Crippen LogP contribution in [0.5, 0.6) is 0 Å². The molecule has 0 bridgehead atoms. The Bertz CT molecular complexity index is 1190. The van der Waals surface area contributed by atoms with Crippen LogP contribution in [0.3, 0.4) is 0 Å². The number of carbonyl (C=O) groups excluding carboxylic acids is 3. The number of nitrogens with zero attached hydrogens (tertiary/aromatic N) is 3. The van der Waals surface area contributed by atoms with Gasteiger partial charge in [-0.25, -0.2) is 4.68 Å². The predicted octanol–water partition coefficient (Wildman–Crippen LogP) is 3.11. The van der Waals surface area contributed by atoms with E-state index in [1.165, 1.54) is 0 Å². The fourth-order valence-electron chi connectivity index (χ4n) is 4.51. The number of aromatic nitrogens is 2. The van der Waals surface area contributed by atoms with E-state index in [-0.39, 0.29) is 42.6 Å². The van der Waals surface area contributed by atoms with Crippen LogP contribution >= 0.6 is 0 Å². The molecule has 33 heavy (non-hydrogen) atoms. The first kappa shape index (κ1) is 20.9. The summed E-state index contributed by atoms with van der Waals surface area (Å²) in [7, 11) is 0. The molecule has 166 valence electrons. The van der Waals surface area contributed by atoms with Crippen molar-refractivity contribution in [3.05, 3.63) is 84.6 Å². The molecule has 1 aliphatic carbocycles. The van der Waals surface area contributed by atoms with Crippen molar-refractivity contribution in [2.75, 3.05) is 6.54 Å². The van der Waals surface area contributed by atoms with Gasteiger partial charge in [0.1, 0.15) is 6.54 Å². The first-order chi connectivity index (χ1) is 16.1. The second-order valence-electron chi connectivity index (χ2n) is 8.34. The average molecular weight is 441 g/mol. The van der Waals surface area contributed by atoms with Crippen LogP contribution in [0.15, 0.2) is 79.0 Å².